The summed E-state index contributed by atoms with van der Waals surface area (Å²) in [5.74, 6) is 0. The maximum atomic E-state index is 3.87. The molecule has 0 spiro atoms. The van der Waals surface area contributed by atoms with Gasteiger partial charge in [0, 0.05) is 41.0 Å². The molecule has 2 heterocycles. The molecule has 0 aliphatic carbocycles. The van der Waals surface area contributed by atoms with Gasteiger partial charge < -0.3 is 4.90 Å². The van der Waals surface area contributed by atoms with Crippen LogP contribution in [0, 0.1) is 0 Å². The number of benzene rings is 7. The Morgan fingerprint density at radius 2 is 1.15 bits per heavy atom. The number of hydrogen-bond acceptors (Lipinski definition) is 2. The van der Waals surface area contributed by atoms with Crippen LogP contribution in [0.4, 0.5) is 17.1 Å². The van der Waals surface area contributed by atoms with Crippen molar-refractivity contribution in [3.63, 3.8) is 0 Å². The van der Waals surface area contributed by atoms with Crippen LogP contribution in [0.2, 0.25) is 0 Å². The second-order valence-corrected chi connectivity index (χ2v) is 12.6. The molecule has 0 fully saturated rings. The van der Waals surface area contributed by atoms with E-state index in [0.29, 0.717) is 0 Å². The molecule has 1 aliphatic rings. The number of fused-ring (bicyclic) bond motifs is 6. The lowest BCUT2D eigenvalue weighted by Gasteiger charge is -2.34. The van der Waals surface area contributed by atoms with E-state index in [-0.39, 0.29) is 0 Å². The zero-order valence-corrected chi connectivity index (χ0v) is 24.3. The van der Waals surface area contributed by atoms with Crippen LogP contribution in [0.1, 0.15) is 0 Å². The zero-order chi connectivity index (χ0) is 27.1. The average Bonchev–Trinajstić information content (AvgIpc) is 3.39. The van der Waals surface area contributed by atoms with Crippen molar-refractivity contribution in [2.75, 3.05) is 4.90 Å². The minimum Gasteiger partial charge on any atom is -0.309 e. The summed E-state index contributed by atoms with van der Waals surface area (Å²) in [7, 11) is 0. The van der Waals surface area contributed by atoms with Crippen molar-refractivity contribution in [2.24, 2.45) is 0 Å². The van der Waals surface area contributed by atoms with E-state index in [1.807, 2.05) is 11.3 Å². The van der Waals surface area contributed by atoms with Gasteiger partial charge in [0.2, 0.25) is 0 Å². The standard InChI is InChI=1S/C38H22BrNS/c39-31-13-5-8-23-9-6-15-33(37(23)31)40-32-14-3-1-10-26(32)29-20-19-25(28-12-7-16-34(40)38(28)29)24-18-21-36-30(22-24)27-11-2-4-17-35(27)41-36/h1-22H. The third kappa shape index (κ3) is 3.34. The Morgan fingerprint density at radius 1 is 0.463 bits per heavy atom. The first-order chi connectivity index (χ1) is 20.3. The summed E-state index contributed by atoms with van der Waals surface area (Å²) in [4.78, 5) is 2.46. The average molecular weight is 605 g/mol. The molecular weight excluding hydrogens is 582 g/mol. The summed E-state index contributed by atoms with van der Waals surface area (Å²) < 4.78 is 3.77. The highest BCUT2D eigenvalue weighted by Gasteiger charge is 2.28. The fourth-order valence-electron chi connectivity index (χ4n) is 6.69. The van der Waals surface area contributed by atoms with Crippen LogP contribution in [-0.4, -0.2) is 0 Å². The SMILES string of the molecule is Brc1cccc2cccc(N3c4ccccc4-c4ccc(-c5ccc6sc7ccccc7c6c5)c5cccc3c45)c12. The quantitative estimate of drug-likeness (QED) is 0.190. The normalized spacial score (nSPS) is 12.5. The molecule has 0 saturated carbocycles. The zero-order valence-electron chi connectivity index (χ0n) is 21.9. The molecule has 1 aliphatic heterocycles. The molecule has 9 rings (SSSR count). The Kier molecular flexibility index (Phi) is 4.98. The number of hydrogen-bond donors (Lipinski definition) is 0. The van der Waals surface area contributed by atoms with E-state index in [1.165, 1.54) is 81.0 Å². The summed E-state index contributed by atoms with van der Waals surface area (Å²) in [5.41, 5.74) is 8.65. The minimum atomic E-state index is 1.10. The van der Waals surface area contributed by atoms with E-state index in [2.05, 4.69) is 154 Å². The van der Waals surface area contributed by atoms with E-state index >= 15 is 0 Å². The smallest absolute Gasteiger partial charge is 0.0551 e. The van der Waals surface area contributed by atoms with Crippen molar-refractivity contribution in [3.8, 4) is 22.3 Å². The van der Waals surface area contributed by atoms with Crippen LogP contribution in [0.3, 0.4) is 0 Å². The maximum Gasteiger partial charge on any atom is 0.0551 e. The highest BCUT2D eigenvalue weighted by Crippen LogP contribution is 2.54. The van der Waals surface area contributed by atoms with E-state index in [9.17, 15) is 0 Å². The van der Waals surface area contributed by atoms with Crippen LogP contribution >= 0.6 is 27.3 Å². The third-order valence-electron chi connectivity index (χ3n) is 8.46. The van der Waals surface area contributed by atoms with Gasteiger partial charge in [-0.1, -0.05) is 107 Å². The Morgan fingerprint density at radius 3 is 2.07 bits per heavy atom. The van der Waals surface area contributed by atoms with Crippen LogP contribution in [-0.2, 0) is 0 Å². The van der Waals surface area contributed by atoms with Gasteiger partial charge in [0.1, 0.15) is 0 Å². The summed E-state index contributed by atoms with van der Waals surface area (Å²) in [5, 5.41) is 7.67. The minimum absolute atomic E-state index is 1.10. The van der Waals surface area contributed by atoms with Crippen molar-refractivity contribution < 1.29 is 0 Å². The van der Waals surface area contributed by atoms with Crippen LogP contribution in [0.25, 0.3) is 64.0 Å². The molecule has 3 heteroatoms. The molecule has 0 N–H and O–H groups in total. The number of anilines is 3. The summed E-state index contributed by atoms with van der Waals surface area (Å²) in [6, 6.07) is 49.0. The number of para-hydroxylation sites is 1. The summed E-state index contributed by atoms with van der Waals surface area (Å²) in [6.45, 7) is 0. The van der Waals surface area contributed by atoms with Crippen LogP contribution in [0.5, 0.6) is 0 Å². The Balaban J connectivity index is 1.35. The van der Waals surface area contributed by atoms with Gasteiger partial charge in [-0.25, -0.2) is 0 Å². The molecule has 41 heavy (non-hydrogen) atoms. The van der Waals surface area contributed by atoms with Gasteiger partial charge >= 0.3 is 0 Å². The fraction of sp³-hybridized carbons (Fsp3) is 0. The number of halogens is 1. The Hall–Kier alpha value is -4.44. The molecule has 0 saturated heterocycles. The second-order valence-electron chi connectivity index (χ2n) is 10.6. The molecule has 0 atom stereocenters. The van der Waals surface area contributed by atoms with Gasteiger partial charge in [0.25, 0.3) is 0 Å². The first-order valence-electron chi connectivity index (χ1n) is 13.8. The van der Waals surface area contributed by atoms with Crippen molar-refractivity contribution in [1.29, 1.82) is 0 Å². The molecule has 1 nitrogen and oxygen atoms in total. The molecule has 8 aromatic rings. The molecule has 0 radical (unpaired) electrons. The highest BCUT2D eigenvalue weighted by atomic mass is 79.9. The summed E-state index contributed by atoms with van der Waals surface area (Å²) >= 11 is 5.74. The van der Waals surface area contributed by atoms with Gasteiger partial charge in [0.05, 0.1) is 17.1 Å². The molecule has 192 valence electrons. The Labute approximate surface area is 250 Å². The number of thiophene rings is 1. The van der Waals surface area contributed by atoms with Gasteiger partial charge in [-0.15, -0.1) is 11.3 Å². The van der Waals surface area contributed by atoms with Crippen LogP contribution in [0.15, 0.2) is 138 Å². The molecular formula is C38H22BrNS. The van der Waals surface area contributed by atoms with Crippen molar-refractivity contribution in [3.05, 3.63) is 138 Å². The largest absolute Gasteiger partial charge is 0.309 e. The first-order valence-corrected chi connectivity index (χ1v) is 15.4. The highest BCUT2D eigenvalue weighted by molar-refractivity contribution is 9.10. The fourth-order valence-corrected chi connectivity index (χ4v) is 8.36. The maximum absolute atomic E-state index is 3.87. The van der Waals surface area contributed by atoms with Gasteiger partial charge in [-0.3, -0.25) is 0 Å². The van der Waals surface area contributed by atoms with Crippen molar-refractivity contribution in [2.45, 2.75) is 0 Å². The van der Waals surface area contributed by atoms with Gasteiger partial charge in [0.15, 0.2) is 0 Å². The first kappa shape index (κ1) is 23.3. The lowest BCUT2D eigenvalue weighted by Crippen LogP contribution is -2.15. The third-order valence-corrected chi connectivity index (χ3v) is 10.3. The lowest BCUT2D eigenvalue weighted by atomic mass is 9.87. The topological polar surface area (TPSA) is 3.24 Å². The molecule has 1 aromatic heterocycles. The number of nitrogens with zero attached hydrogens (tertiary/aromatic N) is 1. The van der Waals surface area contributed by atoms with Crippen LogP contribution < -0.4 is 4.90 Å². The monoisotopic (exact) mass is 603 g/mol. The van der Waals surface area contributed by atoms with Gasteiger partial charge in [-0.2, -0.15) is 0 Å². The predicted octanol–water partition coefficient (Wildman–Crippen LogP) is 12.2. The summed E-state index contributed by atoms with van der Waals surface area (Å²) in [6.07, 6.45) is 0. The van der Waals surface area contributed by atoms with Crippen molar-refractivity contribution >= 4 is 86.0 Å². The van der Waals surface area contributed by atoms with E-state index in [1.54, 1.807) is 0 Å². The predicted molar refractivity (Wildman–Crippen MR) is 181 cm³/mol. The molecule has 7 aromatic carbocycles. The lowest BCUT2D eigenvalue weighted by molar-refractivity contribution is 1.30. The van der Waals surface area contributed by atoms with E-state index < -0.39 is 0 Å². The van der Waals surface area contributed by atoms with E-state index in [4.69, 9.17) is 0 Å². The van der Waals surface area contributed by atoms with Crippen molar-refractivity contribution in [1.82, 2.24) is 0 Å². The number of rotatable bonds is 2. The molecule has 0 amide bonds. The second kappa shape index (κ2) is 8.78. The van der Waals surface area contributed by atoms with Gasteiger partial charge in [-0.05, 0) is 69.9 Å². The molecule has 0 unspecified atom stereocenters. The molecule has 0 bridgehead atoms. The van der Waals surface area contributed by atoms with E-state index in [0.717, 1.165) is 4.47 Å². The Bertz CT molecular complexity index is 2340.